The van der Waals surface area contributed by atoms with Gasteiger partial charge in [-0.2, -0.15) is 0 Å². The molecule has 0 bridgehead atoms. The number of aromatic nitrogens is 1. The monoisotopic (exact) mass is 320 g/mol. The molecule has 2 aromatic rings. The summed E-state index contributed by atoms with van der Waals surface area (Å²) < 4.78 is 0. The third-order valence-electron chi connectivity index (χ3n) is 3.11. The number of benzene rings is 1. The van der Waals surface area contributed by atoms with E-state index < -0.39 is 4.92 Å². The third-order valence-corrected chi connectivity index (χ3v) is 4.12. The van der Waals surface area contributed by atoms with Crippen LogP contribution in [0.25, 0.3) is 0 Å². The molecule has 8 heteroatoms. The van der Waals surface area contributed by atoms with E-state index in [4.69, 9.17) is 0 Å². The number of hydrogen-bond acceptors (Lipinski definition) is 5. The maximum atomic E-state index is 11.9. The van der Waals surface area contributed by atoms with E-state index in [0.29, 0.717) is 17.8 Å². The number of nitro groups is 1. The number of nitrogens with one attached hydrogen (secondary N) is 2. The molecule has 0 aliphatic heterocycles. The molecule has 1 heterocycles. The van der Waals surface area contributed by atoms with Crippen molar-refractivity contribution in [2.24, 2.45) is 0 Å². The number of hydrogen-bond donors (Lipinski definition) is 2. The number of amides is 2. The lowest BCUT2D eigenvalue weighted by Crippen LogP contribution is -2.32. The fraction of sp³-hybridized carbons (Fsp3) is 0.286. The van der Waals surface area contributed by atoms with Crippen LogP contribution in [0.2, 0.25) is 0 Å². The van der Waals surface area contributed by atoms with Crippen LogP contribution in [0.4, 0.5) is 16.2 Å². The van der Waals surface area contributed by atoms with Gasteiger partial charge in [0.15, 0.2) is 0 Å². The summed E-state index contributed by atoms with van der Waals surface area (Å²) in [4.78, 5) is 26.3. The van der Waals surface area contributed by atoms with Gasteiger partial charge < -0.3 is 10.6 Å². The first-order chi connectivity index (χ1) is 10.5. The molecule has 1 atom stereocenters. The van der Waals surface area contributed by atoms with E-state index in [1.54, 1.807) is 24.5 Å². The highest BCUT2D eigenvalue weighted by Gasteiger charge is 2.12. The summed E-state index contributed by atoms with van der Waals surface area (Å²) in [5.74, 6) is 0.128. The van der Waals surface area contributed by atoms with Crippen LogP contribution >= 0.6 is 11.3 Å². The molecule has 1 aromatic heterocycles. The number of carbonyl (C=O) groups excluding carboxylic acids is 1. The van der Waals surface area contributed by atoms with Gasteiger partial charge in [-0.25, -0.2) is 9.78 Å². The van der Waals surface area contributed by atoms with E-state index in [1.807, 2.05) is 12.3 Å². The first-order valence-electron chi connectivity index (χ1n) is 6.66. The molecule has 22 heavy (non-hydrogen) atoms. The van der Waals surface area contributed by atoms with Crippen molar-refractivity contribution in [1.29, 1.82) is 0 Å². The average molecular weight is 320 g/mol. The lowest BCUT2D eigenvalue weighted by molar-refractivity contribution is -0.384. The lowest BCUT2D eigenvalue weighted by atomic mass is 10.2. The highest BCUT2D eigenvalue weighted by Crippen LogP contribution is 2.21. The number of nitrogens with zero attached hydrogens (tertiary/aromatic N) is 2. The normalized spacial score (nSPS) is 11.7. The quantitative estimate of drug-likeness (QED) is 0.652. The average Bonchev–Trinajstić information content (AvgIpc) is 3.01. The molecule has 0 saturated carbocycles. The van der Waals surface area contributed by atoms with Gasteiger partial charge in [-0.15, -0.1) is 11.3 Å². The first-order valence-corrected chi connectivity index (χ1v) is 7.54. The molecule has 0 aliphatic rings. The Morgan fingerprint density at radius 2 is 2.27 bits per heavy atom. The standard InChI is InChI=1S/C14H16N4O3S/c1-9-7-11(18(20)21)3-4-12(9)17-14(19)16-8-10(2)13-15-5-6-22-13/h3-7,10H,8H2,1-2H3,(H2,16,17,19)/t10-/m0/s1. The number of urea groups is 1. The van der Waals surface area contributed by atoms with Crippen molar-refractivity contribution in [3.8, 4) is 0 Å². The van der Waals surface area contributed by atoms with Crippen molar-refractivity contribution in [2.75, 3.05) is 11.9 Å². The molecule has 0 fully saturated rings. The predicted octanol–water partition coefficient (Wildman–Crippen LogP) is 3.28. The Balaban J connectivity index is 1.91. The molecule has 7 nitrogen and oxygen atoms in total. The molecule has 0 aliphatic carbocycles. The summed E-state index contributed by atoms with van der Waals surface area (Å²) in [5.41, 5.74) is 1.18. The van der Waals surface area contributed by atoms with Gasteiger partial charge in [0.05, 0.1) is 9.93 Å². The van der Waals surface area contributed by atoms with E-state index in [0.717, 1.165) is 5.01 Å². The zero-order valence-corrected chi connectivity index (χ0v) is 13.0. The van der Waals surface area contributed by atoms with Crippen molar-refractivity contribution in [3.05, 3.63) is 50.5 Å². The van der Waals surface area contributed by atoms with Gasteiger partial charge in [-0.3, -0.25) is 10.1 Å². The topological polar surface area (TPSA) is 97.2 Å². The summed E-state index contributed by atoms with van der Waals surface area (Å²) in [5, 5.41) is 19.0. The number of thiazole rings is 1. The lowest BCUT2D eigenvalue weighted by Gasteiger charge is -2.12. The zero-order valence-electron chi connectivity index (χ0n) is 12.2. The zero-order chi connectivity index (χ0) is 16.1. The Morgan fingerprint density at radius 1 is 1.50 bits per heavy atom. The van der Waals surface area contributed by atoms with Crippen molar-refractivity contribution >= 4 is 28.7 Å². The summed E-state index contributed by atoms with van der Waals surface area (Å²) in [6.45, 7) is 4.16. The van der Waals surface area contributed by atoms with Gasteiger partial charge >= 0.3 is 6.03 Å². The van der Waals surface area contributed by atoms with Gasteiger partial charge in [0.25, 0.3) is 5.69 Å². The van der Waals surface area contributed by atoms with Crippen molar-refractivity contribution in [2.45, 2.75) is 19.8 Å². The third kappa shape index (κ3) is 4.01. The predicted molar refractivity (Wildman–Crippen MR) is 85.4 cm³/mol. The Kier molecular flexibility index (Phi) is 5.05. The second-order valence-corrected chi connectivity index (χ2v) is 5.79. The van der Waals surface area contributed by atoms with Crippen LogP contribution in [0.1, 0.15) is 23.4 Å². The van der Waals surface area contributed by atoms with Crippen LogP contribution in [0.5, 0.6) is 0 Å². The van der Waals surface area contributed by atoms with E-state index in [2.05, 4.69) is 15.6 Å². The van der Waals surface area contributed by atoms with Crippen molar-refractivity contribution in [1.82, 2.24) is 10.3 Å². The van der Waals surface area contributed by atoms with Crippen LogP contribution < -0.4 is 10.6 Å². The Bertz CT molecular complexity index is 673. The molecule has 2 rings (SSSR count). The molecule has 116 valence electrons. The van der Waals surface area contributed by atoms with Gasteiger partial charge in [0.1, 0.15) is 0 Å². The highest BCUT2D eigenvalue weighted by atomic mass is 32.1. The number of carbonyl (C=O) groups is 1. The number of nitro benzene ring substituents is 1. The van der Waals surface area contributed by atoms with Crippen LogP contribution in [0, 0.1) is 17.0 Å². The van der Waals surface area contributed by atoms with Crippen LogP contribution in [-0.4, -0.2) is 22.5 Å². The Labute approximate surface area is 131 Å². The summed E-state index contributed by atoms with van der Waals surface area (Å²) in [7, 11) is 0. The fourth-order valence-corrected chi connectivity index (χ4v) is 2.58. The summed E-state index contributed by atoms with van der Waals surface area (Å²) in [6, 6.07) is 3.96. The molecule has 1 aromatic carbocycles. The molecular formula is C14H16N4O3S. The maximum absolute atomic E-state index is 11.9. The van der Waals surface area contributed by atoms with E-state index in [-0.39, 0.29) is 17.6 Å². The van der Waals surface area contributed by atoms with Gasteiger partial charge in [0.2, 0.25) is 0 Å². The molecular weight excluding hydrogens is 304 g/mol. The molecule has 0 saturated heterocycles. The molecule has 0 spiro atoms. The number of anilines is 1. The Hall–Kier alpha value is -2.48. The fourth-order valence-electron chi connectivity index (χ4n) is 1.88. The van der Waals surface area contributed by atoms with E-state index >= 15 is 0 Å². The molecule has 2 N–H and O–H groups in total. The first kappa shape index (κ1) is 15.9. The molecule has 0 radical (unpaired) electrons. The SMILES string of the molecule is Cc1cc([N+](=O)[O-])ccc1NC(=O)NC[C@H](C)c1nccs1. The van der Waals surface area contributed by atoms with Gasteiger partial charge in [0, 0.05) is 41.9 Å². The summed E-state index contributed by atoms with van der Waals surface area (Å²) >= 11 is 1.55. The van der Waals surface area contributed by atoms with E-state index in [1.165, 1.54) is 18.2 Å². The molecule has 0 unspecified atom stereocenters. The summed E-state index contributed by atoms with van der Waals surface area (Å²) in [6.07, 6.45) is 1.73. The minimum Gasteiger partial charge on any atom is -0.337 e. The number of rotatable bonds is 5. The van der Waals surface area contributed by atoms with Gasteiger partial charge in [-0.05, 0) is 18.6 Å². The van der Waals surface area contributed by atoms with Gasteiger partial charge in [-0.1, -0.05) is 6.92 Å². The molecule has 2 amide bonds. The van der Waals surface area contributed by atoms with Crippen molar-refractivity contribution in [3.63, 3.8) is 0 Å². The maximum Gasteiger partial charge on any atom is 0.319 e. The van der Waals surface area contributed by atoms with Crippen molar-refractivity contribution < 1.29 is 9.72 Å². The highest BCUT2D eigenvalue weighted by molar-refractivity contribution is 7.09. The minimum atomic E-state index is -0.466. The van der Waals surface area contributed by atoms with Crippen LogP contribution in [0.3, 0.4) is 0 Å². The largest absolute Gasteiger partial charge is 0.337 e. The van der Waals surface area contributed by atoms with E-state index in [9.17, 15) is 14.9 Å². The second-order valence-electron chi connectivity index (χ2n) is 4.86. The minimum absolute atomic E-state index is 0.000787. The number of non-ortho nitro benzene ring substituents is 1. The van der Waals surface area contributed by atoms with Crippen LogP contribution in [0.15, 0.2) is 29.8 Å². The second kappa shape index (κ2) is 6.99. The Morgan fingerprint density at radius 3 is 2.86 bits per heavy atom. The van der Waals surface area contributed by atoms with Crippen LogP contribution in [-0.2, 0) is 0 Å². The smallest absolute Gasteiger partial charge is 0.319 e. The number of aryl methyl sites for hydroxylation is 1.